The van der Waals surface area contributed by atoms with E-state index in [9.17, 15) is 4.79 Å². The molecule has 122 valence electrons. The van der Waals surface area contributed by atoms with E-state index in [0.717, 1.165) is 50.5 Å². The van der Waals surface area contributed by atoms with E-state index in [4.69, 9.17) is 9.15 Å². The van der Waals surface area contributed by atoms with Crippen molar-refractivity contribution in [2.45, 2.75) is 38.6 Å². The average Bonchev–Trinajstić information content (AvgIpc) is 3.21. The van der Waals surface area contributed by atoms with Crippen LogP contribution in [0.2, 0.25) is 0 Å². The Kier molecular flexibility index (Phi) is 5.16. The molecule has 1 aromatic rings. The number of amides is 1. The first-order valence-electron chi connectivity index (χ1n) is 8.46. The molecule has 0 N–H and O–H groups in total. The van der Waals surface area contributed by atoms with Crippen molar-refractivity contribution < 1.29 is 13.9 Å². The molecule has 2 aliphatic heterocycles. The molecule has 0 saturated carbocycles. The quantitative estimate of drug-likeness (QED) is 0.837. The Morgan fingerprint density at radius 3 is 2.82 bits per heavy atom. The lowest BCUT2D eigenvalue weighted by atomic mass is 10.1. The predicted octanol–water partition coefficient (Wildman–Crippen LogP) is 2.23. The van der Waals surface area contributed by atoms with Crippen LogP contribution >= 0.6 is 0 Å². The van der Waals surface area contributed by atoms with E-state index in [1.807, 2.05) is 4.90 Å². The Bertz CT molecular complexity index is 494. The van der Waals surface area contributed by atoms with Crippen LogP contribution < -0.4 is 0 Å². The summed E-state index contributed by atoms with van der Waals surface area (Å²) < 4.78 is 11.2. The fraction of sp³-hybridized carbons (Fsp3) is 0.706. The molecule has 2 fully saturated rings. The summed E-state index contributed by atoms with van der Waals surface area (Å²) in [6, 6.07) is 4.52. The van der Waals surface area contributed by atoms with Gasteiger partial charge in [-0.25, -0.2) is 0 Å². The van der Waals surface area contributed by atoms with Crippen molar-refractivity contribution in [1.82, 2.24) is 9.80 Å². The summed E-state index contributed by atoms with van der Waals surface area (Å²) in [4.78, 5) is 16.6. The molecule has 3 rings (SSSR count). The number of ether oxygens (including phenoxy) is 1. The maximum atomic E-state index is 12.3. The van der Waals surface area contributed by atoms with Gasteiger partial charge in [-0.05, 0) is 31.5 Å². The highest BCUT2D eigenvalue weighted by atomic mass is 16.5. The number of hydrogen-bond donors (Lipinski definition) is 0. The Morgan fingerprint density at radius 1 is 1.27 bits per heavy atom. The smallest absolute Gasteiger partial charge is 0.224 e. The molecule has 3 heterocycles. The summed E-state index contributed by atoms with van der Waals surface area (Å²) in [5, 5.41) is 0. The zero-order valence-electron chi connectivity index (χ0n) is 13.4. The fourth-order valence-corrected chi connectivity index (χ4v) is 3.39. The highest BCUT2D eigenvalue weighted by Crippen LogP contribution is 2.33. The molecule has 1 amide bonds. The van der Waals surface area contributed by atoms with E-state index in [1.165, 1.54) is 6.42 Å². The molecule has 0 aromatic carbocycles. The van der Waals surface area contributed by atoms with Gasteiger partial charge in [-0.15, -0.1) is 0 Å². The van der Waals surface area contributed by atoms with Crippen molar-refractivity contribution in [2.24, 2.45) is 0 Å². The number of nitrogens with zero attached hydrogens (tertiary/aromatic N) is 2. The van der Waals surface area contributed by atoms with Crippen LogP contribution in [-0.2, 0) is 16.0 Å². The molecule has 0 spiro atoms. The van der Waals surface area contributed by atoms with Gasteiger partial charge in [-0.1, -0.05) is 6.92 Å². The summed E-state index contributed by atoms with van der Waals surface area (Å²) in [6.07, 6.45) is 3.83. The molecule has 2 saturated heterocycles. The molecule has 0 aliphatic carbocycles. The number of hydrogen-bond acceptors (Lipinski definition) is 4. The Labute approximate surface area is 132 Å². The van der Waals surface area contributed by atoms with Gasteiger partial charge in [0.15, 0.2) is 0 Å². The van der Waals surface area contributed by atoms with Crippen molar-refractivity contribution in [3.63, 3.8) is 0 Å². The van der Waals surface area contributed by atoms with Crippen LogP contribution in [0.5, 0.6) is 0 Å². The zero-order valence-corrected chi connectivity index (χ0v) is 13.4. The standard InChI is InChI=1S/C17H26N2O3/c1-2-14-5-6-16(22-14)15-4-3-8-18(15)9-7-17(20)19-10-12-21-13-11-19/h5-6,15H,2-4,7-13H2,1H3. The SMILES string of the molecule is CCc1ccc(C2CCCN2CCC(=O)N2CCOCC2)o1. The first-order chi connectivity index (χ1) is 10.8. The number of carbonyl (C=O) groups excluding carboxylic acids is 1. The minimum Gasteiger partial charge on any atom is -0.464 e. The second-order valence-electron chi connectivity index (χ2n) is 6.09. The van der Waals surface area contributed by atoms with Crippen LogP contribution in [0, 0.1) is 0 Å². The highest BCUT2D eigenvalue weighted by Gasteiger charge is 2.29. The maximum Gasteiger partial charge on any atom is 0.224 e. The molecular weight excluding hydrogens is 280 g/mol. The first-order valence-corrected chi connectivity index (χ1v) is 8.46. The van der Waals surface area contributed by atoms with Crippen molar-refractivity contribution in [1.29, 1.82) is 0 Å². The summed E-state index contributed by atoms with van der Waals surface area (Å²) in [5.41, 5.74) is 0. The summed E-state index contributed by atoms with van der Waals surface area (Å²) >= 11 is 0. The second kappa shape index (κ2) is 7.29. The molecular formula is C17H26N2O3. The van der Waals surface area contributed by atoms with Gasteiger partial charge in [0.2, 0.25) is 5.91 Å². The van der Waals surface area contributed by atoms with E-state index >= 15 is 0 Å². The molecule has 1 atom stereocenters. The molecule has 0 bridgehead atoms. The van der Waals surface area contributed by atoms with Gasteiger partial charge in [-0.2, -0.15) is 0 Å². The van der Waals surface area contributed by atoms with Gasteiger partial charge in [0, 0.05) is 32.5 Å². The van der Waals surface area contributed by atoms with Crippen LogP contribution in [-0.4, -0.2) is 55.1 Å². The third kappa shape index (κ3) is 3.52. The number of aryl methyl sites for hydroxylation is 1. The third-order valence-electron chi connectivity index (χ3n) is 4.70. The summed E-state index contributed by atoms with van der Waals surface area (Å²) in [7, 11) is 0. The monoisotopic (exact) mass is 306 g/mol. The minimum absolute atomic E-state index is 0.252. The summed E-state index contributed by atoms with van der Waals surface area (Å²) in [5.74, 6) is 2.36. The van der Waals surface area contributed by atoms with Crippen LogP contribution in [0.4, 0.5) is 0 Å². The van der Waals surface area contributed by atoms with Gasteiger partial charge in [0.25, 0.3) is 0 Å². The van der Waals surface area contributed by atoms with E-state index in [0.29, 0.717) is 25.7 Å². The van der Waals surface area contributed by atoms with Gasteiger partial charge in [-0.3, -0.25) is 9.69 Å². The van der Waals surface area contributed by atoms with Crippen LogP contribution in [0.1, 0.15) is 43.7 Å². The lowest BCUT2D eigenvalue weighted by Gasteiger charge is -2.28. The lowest BCUT2D eigenvalue weighted by Crippen LogP contribution is -2.42. The third-order valence-corrected chi connectivity index (χ3v) is 4.70. The molecule has 0 radical (unpaired) electrons. The topological polar surface area (TPSA) is 45.9 Å². The number of morpholine rings is 1. The number of likely N-dealkylation sites (tertiary alicyclic amines) is 1. The fourth-order valence-electron chi connectivity index (χ4n) is 3.39. The normalized spacial score (nSPS) is 23.1. The zero-order chi connectivity index (χ0) is 15.4. The van der Waals surface area contributed by atoms with Gasteiger partial charge < -0.3 is 14.1 Å². The highest BCUT2D eigenvalue weighted by molar-refractivity contribution is 5.76. The molecule has 1 aromatic heterocycles. The van der Waals surface area contributed by atoms with E-state index in [2.05, 4.69) is 24.0 Å². The summed E-state index contributed by atoms with van der Waals surface area (Å²) in [6.45, 7) is 6.80. The Hall–Kier alpha value is -1.33. The van der Waals surface area contributed by atoms with Crippen molar-refractivity contribution in [2.75, 3.05) is 39.4 Å². The molecule has 2 aliphatic rings. The lowest BCUT2D eigenvalue weighted by molar-refractivity contribution is -0.135. The molecule has 22 heavy (non-hydrogen) atoms. The Morgan fingerprint density at radius 2 is 2.09 bits per heavy atom. The molecule has 5 nitrogen and oxygen atoms in total. The van der Waals surface area contributed by atoms with Crippen LogP contribution in [0.25, 0.3) is 0 Å². The van der Waals surface area contributed by atoms with Gasteiger partial charge in [0.1, 0.15) is 11.5 Å². The van der Waals surface area contributed by atoms with E-state index in [1.54, 1.807) is 0 Å². The second-order valence-corrected chi connectivity index (χ2v) is 6.09. The average molecular weight is 306 g/mol. The molecule has 1 unspecified atom stereocenters. The van der Waals surface area contributed by atoms with Crippen molar-refractivity contribution in [3.8, 4) is 0 Å². The number of rotatable bonds is 5. The predicted molar refractivity (Wildman–Crippen MR) is 83.7 cm³/mol. The van der Waals surface area contributed by atoms with Crippen LogP contribution in [0.15, 0.2) is 16.5 Å². The van der Waals surface area contributed by atoms with Crippen molar-refractivity contribution >= 4 is 5.91 Å². The maximum absolute atomic E-state index is 12.3. The van der Waals surface area contributed by atoms with E-state index < -0.39 is 0 Å². The van der Waals surface area contributed by atoms with Crippen molar-refractivity contribution in [3.05, 3.63) is 23.7 Å². The largest absolute Gasteiger partial charge is 0.464 e. The van der Waals surface area contributed by atoms with Crippen LogP contribution in [0.3, 0.4) is 0 Å². The minimum atomic E-state index is 0.252. The molecule has 5 heteroatoms. The van der Waals surface area contributed by atoms with E-state index in [-0.39, 0.29) is 5.91 Å². The van der Waals surface area contributed by atoms with Gasteiger partial charge in [0.05, 0.1) is 19.3 Å². The first kappa shape index (κ1) is 15.6. The number of carbonyl (C=O) groups is 1. The number of furan rings is 1. The van der Waals surface area contributed by atoms with Gasteiger partial charge >= 0.3 is 0 Å². The Balaban J connectivity index is 1.53.